The topological polar surface area (TPSA) is 67.4 Å². The van der Waals surface area contributed by atoms with Crippen molar-refractivity contribution < 1.29 is 14.3 Å². The molecule has 0 saturated carbocycles. The van der Waals surface area contributed by atoms with Crippen LogP contribution in [0.5, 0.6) is 0 Å². The van der Waals surface area contributed by atoms with Crippen LogP contribution in [0.15, 0.2) is 0 Å². The van der Waals surface area contributed by atoms with Crippen molar-refractivity contribution >= 4 is 12.0 Å². The zero-order chi connectivity index (χ0) is 11.0. The molecule has 5 nitrogen and oxygen atoms in total. The minimum atomic E-state index is -0.513. The van der Waals surface area contributed by atoms with Crippen molar-refractivity contribution in [1.82, 2.24) is 10.6 Å². The number of methoxy groups -OCH3 is 1. The Bertz CT molecular complexity index is 194. The number of nitrogens with one attached hydrogen (secondary N) is 2. The average molecular weight is 202 g/mol. The predicted molar refractivity (Wildman–Crippen MR) is 52.9 cm³/mol. The van der Waals surface area contributed by atoms with E-state index in [-0.39, 0.29) is 18.4 Å². The normalized spacial score (nSPS) is 11.6. The van der Waals surface area contributed by atoms with E-state index in [0.717, 1.165) is 6.42 Å². The van der Waals surface area contributed by atoms with E-state index in [2.05, 4.69) is 15.4 Å². The van der Waals surface area contributed by atoms with E-state index in [9.17, 15) is 9.59 Å². The third kappa shape index (κ3) is 6.28. The molecule has 82 valence electrons. The highest BCUT2D eigenvalue weighted by atomic mass is 16.5. The van der Waals surface area contributed by atoms with Gasteiger partial charge in [0.05, 0.1) is 7.11 Å². The van der Waals surface area contributed by atoms with Gasteiger partial charge in [0.1, 0.15) is 0 Å². The Hall–Kier alpha value is -1.26. The van der Waals surface area contributed by atoms with Crippen LogP contribution in [0.3, 0.4) is 0 Å². The molecular weight excluding hydrogens is 184 g/mol. The smallest absolute Gasteiger partial charge is 0.406 e. The maximum Gasteiger partial charge on any atom is 0.406 e. The van der Waals surface area contributed by atoms with E-state index >= 15 is 0 Å². The quantitative estimate of drug-likeness (QED) is 0.687. The first-order valence-electron chi connectivity index (χ1n) is 4.71. The molecule has 0 aromatic heterocycles. The first-order chi connectivity index (χ1) is 6.60. The Labute approximate surface area is 84.2 Å². The number of hydrogen-bond acceptors (Lipinski definition) is 3. The Balaban J connectivity index is 3.49. The molecule has 0 aliphatic rings. The molecule has 0 aliphatic heterocycles. The van der Waals surface area contributed by atoms with Crippen molar-refractivity contribution in [2.24, 2.45) is 0 Å². The van der Waals surface area contributed by atoms with E-state index in [1.165, 1.54) is 7.11 Å². The first-order valence-corrected chi connectivity index (χ1v) is 4.71. The van der Waals surface area contributed by atoms with Crippen LogP contribution in [0.25, 0.3) is 0 Å². The van der Waals surface area contributed by atoms with Gasteiger partial charge in [0.15, 0.2) is 0 Å². The van der Waals surface area contributed by atoms with Gasteiger partial charge in [-0.15, -0.1) is 0 Å². The van der Waals surface area contributed by atoms with Crippen molar-refractivity contribution in [3.8, 4) is 0 Å². The number of rotatable bonds is 5. The van der Waals surface area contributed by atoms with Gasteiger partial charge >= 0.3 is 6.09 Å². The Kier molecular flexibility index (Phi) is 6.53. The molecule has 14 heavy (non-hydrogen) atoms. The van der Waals surface area contributed by atoms with Crippen LogP contribution in [0.4, 0.5) is 4.79 Å². The molecule has 0 aromatic rings. The lowest BCUT2D eigenvalue weighted by atomic mass is 10.2. The van der Waals surface area contributed by atoms with Gasteiger partial charge in [-0.2, -0.15) is 0 Å². The average Bonchev–Trinajstić information content (AvgIpc) is 2.17. The van der Waals surface area contributed by atoms with Crippen LogP contribution < -0.4 is 10.6 Å². The lowest BCUT2D eigenvalue weighted by Crippen LogP contribution is -2.35. The Morgan fingerprint density at radius 1 is 1.43 bits per heavy atom. The van der Waals surface area contributed by atoms with Crippen LogP contribution in [0, 0.1) is 0 Å². The molecule has 2 amide bonds. The molecule has 1 unspecified atom stereocenters. The highest BCUT2D eigenvalue weighted by Gasteiger charge is 2.05. The van der Waals surface area contributed by atoms with E-state index in [1.807, 2.05) is 13.8 Å². The fraction of sp³-hybridized carbons (Fsp3) is 0.778. The second kappa shape index (κ2) is 7.17. The zero-order valence-electron chi connectivity index (χ0n) is 8.92. The molecule has 0 rings (SSSR count). The van der Waals surface area contributed by atoms with Crippen molar-refractivity contribution in [3.05, 3.63) is 0 Å². The molecule has 0 bridgehead atoms. The van der Waals surface area contributed by atoms with E-state index in [4.69, 9.17) is 0 Å². The highest BCUT2D eigenvalue weighted by molar-refractivity contribution is 5.77. The summed E-state index contributed by atoms with van der Waals surface area (Å²) in [6.07, 6.45) is 0.664. The maximum atomic E-state index is 11.2. The Morgan fingerprint density at radius 2 is 2.07 bits per heavy atom. The fourth-order valence-electron chi connectivity index (χ4n) is 0.799. The van der Waals surface area contributed by atoms with Crippen molar-refractivity contribution in [2.75, 3.05) is 13.7 Å². The second-order valence-electron chi connectivity index (χ2n) is 3.05. The van der Waals surface area contributed by atoms with Gasteiger partial charge in [-0.05, 0) is 13.3 Å². The standard InChI is InChI=1S/C9H18N2O3/c1-4-7(2)11-8(12)5-6-10-9(13)14-3/h7H,4-6H2,1-3H3,(H,10,13)(H,11,12). The maximum absolute atomic E-state index is 11.2. The summed E-state index contributed by atoms with van der Waals surface area (Å²) in [5.74, 6) is -0.0595. The summed E-state index contributed by atoms with van der Waals surface area (Å²) in [5.41, 5.74) is 0. The van der Waals surface area contributed by atoms with Crippen LogP contribution in [-0.2, 0) is 9.53 Å². The summed E-state index contributed by atoms with van der Waals surface area (Å²) < 4.78 is 4.35. The summed E-state index contributed by atoms with van der Waals surface area (Å²) in [4.78, 5) is 21.8. The van der Waals surface area contributed by atoms with E-state index in [0.29, 0.717) is 6.54 Å². The van der Waals surface area contributed by atoms with E-state index < -0.39 is 6.09 Å². The summed E-state index contributed by atoms with van der Waals surface area (Å²) in [6, 6.07) is 0.181. The predicted octanol–water partition coefficient (Wildman–Crippen LogP) is 0.647. The number of carbonyl (C=O) groups excluding carboxylic acids is 2. The lowest BCUT2D eigenvalue weighted by Gasteiger charge is -2.11. The fourth-order valence-corrected chi connectivity index (χ4v) is 0.799. The summed E-state index contributed by atoms with van der Waals surface area (Å²) in [5, 5.41) is 5.22. The lowest BCUT2D eigenvalue weighted by molar-refractivity contribution is -0.121. The first kappa shape index (κ1) is 12.7. The highest BCUT2D eigenvalue weighted by Crippen LogP contribution is 1.89. The van der Waals surface area contributed by atoms with Crippen LogP contribution in [-0.4, -0.2) is 31.7 Å². The molecule has 5 heteroatoms. The van der Waals surface area contributed by atoms with Crippen LogP contribution >= 0.6 is 0 Å². The van der Waals surface area contributed by atoms with Crippen molar-refractivity contribution in [3.63, 3.8) is 0 Å². The SMILES string of the molecule is CCC(C)NC(=O)CCNC(=O)OC. The minimum absolute atomic E-state index is 0.0595. The molecule has 0 fully saturated rings. The van der Waals surface area contributed by atoms with Gasteiger partial charge in [-0.1, -0.05) is 6.92 Å². The summed E-state index contributed by atoms with van der Waals surface area (Å²) >= 11 is 0. The number of ether oxygens (including phenoxy) is 1. The van der Waals surface area contributed by atoms with Crippen LogP contribution in [0.1, 0.15) is 26.7 Å². The number of hydrogen-bond donors (Lipinski definition) is 2. The largest absolute Gasteiger partial charge is 0.453 e. The third-order valence-corrected chi connectivity index (χ3v) is 1.83. The molecule has 0 aliphatic carbocycles. The molecule has 0 aromatic carbocycles. The number of carbonyl (C=O) groups is 2. The number of alkyl carbamates (subject to hydrolysis) is 1. The van der Waals surface area contributed by atoms with Crippen molar-refractivity contribution in [2.45, 2.75) is 32.7 Å². The third-order valence-electron chi connectivity index (χ3n) is 1.83. The molecule has 0 saturated heterocycles. The van der Waals surface area contributed by atoms with Gasteiger partial charge in [-0.3, -0.25) is 4.79 Å². The van der Waals surface area contributed by atoms with Gasteiger partial charge in [0.2, 0.25) is 5.91 Å². The monoisotopic (exact) mass is 202 g/mol. The molecule has 0 heterocycles. The van der Waals surface area contributed by atoms with E-state index in [1.54, 1.807) is 0 Å². The molecule has 1 atom stereocenters. The summed E-state index contributed by atoms with van der Waals surface area (Å²) in [7, 11) is 1.29. The molecule has 0 radical (unpaired) electrons. The number of amides is 2. The molecular formula is C9H18N2O3. The van der Waals surface area contributed by atoms with Gasteiger partial charge in [0, 0.05) is 19.0 Å². The van der Waals surface area contributed by atoms with Gasteiger partial charge < -0.3 is 15.4 Å². The van der Waals surface area contributed by atoms with Crippen LogP contribution in [0.2, 0.25) is 0 Å². The van der Waals surface area contributed by atoms with Gasteiger partial charge in [-0.25, -0.2) is 4.79 Å². The summed E-state index contributed by atoms with van der Waals surface area (Å²) in [6.45, 7) is 4.23. The minimum Gasteiger partial charge on any atom is -0.453 e. The second-order valence-corrected chi connectivity index (χ2v) is 3.05. The molecule has 2 N–H and O–H groups in total. The van der Waals surface area contributed by atoms with Gasteiger partial charge in [0.25, 0.3) is 0 Å². The Morgan fingerprint density at radius 3 is 2.57 bits per heavy atom. The van der Waals surface area contributed by atoms with Crippen molar-refractivity contribution in [1.29, 1.82) is 0 Å². The molecule has 0 spiro atoms. The zero-order valence-corrected chi connectivity index (χ0v) is 8.92.